The van der Waals surface area contributed by atoms with Crippen molar-refractivity contribution >= 4 is 0 Å². The van der Waals surface area contributed by atoms with E-state index >= 15 is 0 Å². The van der Waals surface area contributed by atoms with Crippen LogP contribution in [0.15, 0.2) is 18.5 Å². The predicted molar refractivity (Wildman–Crippen MR) is 70.8 cm³/mol. The van der Waals surface area contributed by atoms with Crippen LogP contribution in [0.4, 0.5) is 0 Å². The first-order chi connectivity index (χ1) is 8.75. The van der Waals surface area contributed by atoms with Crippen LogP contribution >= 0.6 is 0 Å². The summed E-state index contributed by atoms with van der Waals surface area (Å²) in [5, 5.41) is 3.38. The Kier molecular flexibility index (Phi) is 4.19. The van der Waals surface area contributed by atoms with Crippen LogP contribution < -0.4 is 10.1 Å². The summed E-state index contributed by atoms with van der Waals surface area (Å²) in [7, 11) is 5.45. The average molecular weight is 250 g/mol. The van der Waals surface area contributed by atoms with Crippen LogP contribution in [0.3, 0.4) is 0 Å². The first-order valence-electron chi connectivity index (χ1n) is 6.47. The highest BCUT2D eigenvalue weighted by Crippen LogP contribution is 2.42. The standard InChI is InChI=1S/C14H22N2O2/c1-15-13(14(18-3)6-4-5-7-14)11-8-12(17-2)10-16-9-11/h8-10,13,15H,4-7H2,1-3H3. The number of likely N-dealkylation sites (N-methyl/N-ethyl adjacent to an activating group) is 1. The van der Waals surface area contributed by atoms with Gasteiger partial charge in [0, 0.05) is 13.3 Å². The summed E-state index contributed by atoms with van der Waals surface area (Å²) in [4.78, 5) is 4.24. The van der Waals surface area contributed by atoms with Crippen molar-refractivity contribution in [3.63, 3.8) is 0 Å². The van der Waals surface area contributed by atoms with E-state index in [1.807, 2.05) is 26.4 Å². The summed E-state index contributed by atoms with van der Waals surface area (Å²) in [6.07, 6.45) is 8.25. The van der Waals surface area contributed by atoms with Crippen molar-refractivity contribution in [3.8, 4) is 5.75 Å². The Bertz CT molecular complexity index is 389. The van der Waals surface area contributed by atoms with Crippen LogP contribution in [-0.4, -0.2) is 31.9 Å². The summed E-state index contributed by atoms with van der Waals surface area (Å²) in [6, 6.07) is 2.19. The Labute approximate surface area is 109 Å². The Balaban J connectivity index is 2.31. The molecule has 0 bridgehead atoms. The fourth-order valence-electron chi connectivity index (χ4n) is 3.02. The largest absolute Gasteiger partial charge is 0.495 e. The molecule has 0 radical (unpaired) electrons. The number of pyridine rings is 1. The highest BCUT2D eigenvalue weighted by atomic mass is 16.5. The van der Waals surface area contributed by atoms with Crippen molar-refractivity contribution in [1.29, 1.82) is 0 Å². The number of hydrogen-bond acceptors (Lipinski definition) is 4. The minimum absolute atomic E-state index is 0.108. The molecular formula is C14H22N2O2. The third-order valence-electron chi connectivity index (χ3n) is 3.97. The number of nitrogens with zero attached hydrogens (tertiary/aromatic N) is 1. The maximum Gasteiger partial charge on any atom is 0.137 e. The Morgan fingerprint density at radius 1 is 1.28 bits per heavy atom. The Morgan fingerprint density at radius 2 is 2.00 bits per heavy atom. The molecule has 0 aliphatic heterocycles. The summed E-state index contributed by atoms with van der Waals surface area (Å²) in [6.45, 7) is 0. The van der Waals surface area contributed by atoms with E-state index in [0.717, 1.165) is 24.2 Å². The van der Waals surface area contributed by atoms with Gasteiger partial charge in [0.2, 0.25) is 0 Å². The molecule has 1 fully saturated rings. The molecule has 100 valence electrons. The number of nitrogens with one attached hydrogen (secondary N) is 1. The van der Waals surface area contributed by atoms with E-state index in [1.54, 1.807) is 13.3 Å². The quantitative estimate of drug-likeness (QED) is 0.871. The van der Waals surface area contributed by atoms with Gasteiger partial charge in [-0.2, -0.15) is 0 Å². The Hall–Kier alpha value is -1.13. The average Bonchev–Trinajstić information content (AvgIpc) is 2.90. The van der Waals surface area contributed by atoms with Crippen LogP contribution in [0.1, 0.15) is 37.3 Å². The smallest absolute Gasteiger partial charge is 0.137 e. The van der Waals surface area contributed by atoms with E-state index < -0.39 is 0 Å². The monoisotopic (exact) mass is 250 g/mol. The molecule has 2 rings (SSSR count). The predicted octanol–water partition coefficient (Wildman–Crippen LogP) is 2.31. The van der Waals surface area contributed by atoms with Crippen LogP contribution in [-0.2, 0) is 4.74 Å². The highest BCUT2D eigenvalue weighted by molar-refractivity contribution is 5.28. The number of ether oxygens (including phenoxy) is 2. The van der Waals surface area contributed by atoms with Crippen molar-refractivity contribution in [3.05, 3.63) is 24.0 Å². The van der Waals surface area contributed by atoms with E-state index in [9.17, 15) is 0 Å². The van der Waals surface area contributed by atoms with E-state index in [-0.39, 0.29) is 11.6 Å². The SMILES string of the molecule is CNC(c1cncc(OC)c1)C1(OC)CCCC1. The lowest BCUT2D eigenvalue weighted by molar-refractivity contribution is -0.0350. The van der Waals surface area contributed by atoms with E-state index in [2.05, 4.69) is 10.3 Å². The lowest BCUT2D eigenvalue weighted by Crippen LogP contribution is -2.42. The van der Waals surface area contributed by atoms with Gasteiger partial charge in [0.05, 0.1) is 24.9 Å². The number of methoxy groups -OCH3 is 2. The van der Waals surface area contributed by atoms with Gasteiger partial charge >= 0.3 is 0 Å². The lowest BCUT2D eigenvalue weighted by atomic mass is 9.87. The molecule has 1 aliphatic rings. The number of rotatable bonds is 5. The van der Waals surface area contributed by atoms with Crippen LogP contribution in [0, 0.1) is 0 Å². The third-order valence-corrected chi connectivity index (χ3v) is 3.97. The number of hydrogen-bond donors (Lipinski definition) is 1. The lowest BCUT2D eigenvalue weighted by Gasteiger charge is -2.36. The zero-order chi connectivity index (χ0) is 13.0. The molecule has 1 N–H and O–H groups in total. The molecule has 0 spiro atoms. The molecule has 18 heavy (non-hydrogen) atoms. The second kappa shape index (κ2) is 5.67. The van der Waals surface area contributed by atoms with Crippen molar-refractivity contribution in [2.45, 2.75) is 37.3 Å². The highest BCUT2D eigenvalue weighted by Gasteiger charge is 2.41. The third kappa shape index (κ3) is 2.35. The molecule has 1 heterocycles. The summed E-state index contributed by atoms with van der Waals surface area (Å²) in [5.41, 5.74) is 1.02. The molecule has 1 unspecified atom stereocenters. The fourth-order valence-corrected chi connectivity index (χ4v) is 3.02. The molecule has 1 atom stereocenters. The molecule has 4 nitrogen and oxygen atoms in total. The zero-order valence-corrected chi connectivity index (χ0v) is 11.4. The van der Waals surface area contributed by atoms with E-state index in [4.69, 9.17) is 9.47 Å². The summed E-state index contributed by atoms with van der Waals surface area (Å²) < 4.78 is 11.1. The second-order valence-electron chi connectivity index (χ2n) is 4.86. The molecule has 4 heteroatoms. The van der Waals surface area contributed by atoms with Crippen molar-refractivity contribution in [1.82, 2.24) is 10.3 Å². The molecule has 0 saturated heterocycles. The van der Waals surface area contributed by atoms with Gasteiger partial charge in [0.1, 0.15) is 5.75 Å². The van der Waals surface area contributed by atoms with Gasteiger partial charge in [-0.3, -0.25) is 4.98 Å². The zero-order valence-electron chi connectivity index (χ0n) is 11.4. The minimum atomic E-state index is -0.108. The molecule has 1 saturated carbocycles. The van der Waals surface area contributed by atoms with Gasteiger partial charge < -0.3 is 14.8 Å². The summed E-state index contributed by atoms with van der Waals surface area (Å²) >= 11 is 0. The maximum absolute atomic E-state index is 5.85. The van der Waals surface area contributed by atoms with Crippen molar-refractivity contribution in [2.24, 2.45) is 0 Å². The van der Waals surface area contributed by atoms with Crippen LogP contribution in [0.25, 0.3) is 0 Å². The first kappa shape index (κ1) is 13.3. The molecule has 0 aromatic carbocycles. The molecule has 0 amide bonds. The van der Waals surface area contributed by atoms with Crippen molar-refractivity contribution < 1.29 is 9.47 Å². The van der Waals surface area contributed by atoms with Gasteiger partial charge in [-0.05, 0) is 31.5 Å². The van der Waals surface area contributed by atoms with E-state index in [1.165, 1.54) is 12.8 Å². The fraction of sp³-hybridized carbons (Fsp3) is 0.643. The molecule has 1 aromatic rings. The Morgan fingerprint density at radius 3 is 2.56 bits per heavy atom. The van der Waals surface area contributed by atoms with Crippen LogP contribution in [0.5, 0.6) is 5.75 Å². The van der Waals surface area contributed by atoms with Gasteiger partial charge in [-0.15, -0.1) is 0 Å². The number of aromatic nitrogens is 1. The molecular weight excluding hydrogens is 228 g/mol. The van der Waals surface area contributed by atoms with Crippen molar-refractivity contribution in [2.75, 3.05) is 21.3 Å². The minimum Gasteiger partial charge on any atom is -0.495 e. The summed E-state index contributed by atoms with van der Waals surface area (Å²) in [5.74, 6) is 0.789. The van der Waals surface area contributed by atoms with Gasteiger partial charge in [0.25, 0.3) is 0 Å². The normalized spacial score (nSPS) is 19.7. The second-order valence-corrected chi connectivity index (χ2v) is 4.86. The maximum atomic E-state index is 5.85. The van der Waals surface area contributed by atoms with Gasteiger partial charge in [-0.25, -0.2) is 0 Å². The molecule has 1 aliphatic carbocycles. The van der Waals surface area contributed by atoms with Gasteiger partial charge in [0.15, 0.2) is 0 Å². The van der Waals surface area contributed by atoms with Gasteiger partial charge in [-0.1, -0.05) is 12.8 Å². The first-order valence-corrected chi connectivity index (χ1v) is 6.47. The van der Waals surface area contributed by atoms with E-state index in [0.29, 0.717) is 0 Å². The topological polar surface area (TPSA) is 43.4 Å². The molecule has 1 aromatic heterocycles. The van der Waals surface area contributed by atoms with Crippen LogP contribution in [0.2, 0.25) is 0 Å².